The monoisotopic (exact) mass is 375 g/mol. The lowest BCUT2D eigenvalue weighted by Crippen LogP contribution is -2.44. The summed E-state index contributed by atoms with van der Waals surface area (Å²) < 4.78 is 0. The molecule has 4 rings (SSSR count). The van der Waals surface area contributed by atoms with E-state index in [0.29, 0.717) is 11.8 Å². The number of nitrogens with zero attached hydrogens (tertiary/aromatic N) is 1. The van der Waals surface area contributed by atoms with Crippen LogP contribution in [-0.2, 0) is 0 Å². The largest absolute Gasteiger partial charge is 0.361 e. The van der Waals surface area contributed by atoms with Crippen LogP contribution in [0.5, 0.6) is 0 Å². The van der Waals surface area contributed by atoms with Crippen molar-refractivity contribution in [2.24, 2.45) is 0 Å². The van der Waals surface area contributed by atoms with E-state index in [0.717, 1.165) is 38.9 Å². The van der Waals surface area contributed by atoms with Gasteiger partial charge in [0.25, 0.3) is 0 Å². The van der Waals surface area contributed by atoms with Gasteiger partial charge in [0, 0.05) is 36.7 Å². The van der Waals surface area contributed by atoms with Crippen LogP contribution >= 0.6 is 0 Å². The molecular weight excluding hydrogens is 346 g/mol. The van der Waals surface area contributed by atoms with Gasteiger partial charge >= 0.3 is 6.03 Å². The van der Waals surface area contributed by atoms with Crippen molar-refractivity contribution in [2.45, 2.75) is 38.0 Å². The predicted octanol–water partition coefficient (Wildman–Crippen LogP) is 5.25. The fourth-order valence-electron chi connectivity index (χ4n) is 4.28. The van der Waals surface area contributed by atoms with Crippen molar-refractivity contribution in [1.82, 2.24) is 15.2 Å². The summed E-state index contributed by atoms with van der Waals surface area (Å²) in [4.78, 5) is 17.9. The summed E-state index contributed by atoms with van der Waals surface area (Å²) in [5, 5.41) is 4.43. The van der Waals surface area contributed by atoms with Gasteiger partial charge in [0.05, 0.1) is 0 Å². The number of urea groups is 1. The van der Waals surface area contributed by atoms with Gasteiger partial charge in [-0.05, 0) is 48.3 Å². The lowest BCUT2D eigenvalue weighted by molar-refractivity contribution is 0.181. The number of carbonyl (C=O) groups is 1. The summed E-state index contributed by atoms with van der Waals surface area (Å²) in [7, 11) is 0. The van der Waals surface area contributed by atoms with Gasteiger partial charge in [0.15, 0.2) is 0 Å². The fourth-order valence-corrected chi connectivity index (χ4v) is 4.28. The predicted molar refractivity (Wildman–Crippen MR) is 115 cm³/mol. The van der Waals surface area contributed by atoms with Crippen LogP contribution in [0.1, 0.15) is 49.1 Å². The van der Waals surface area contributed by atoms with Gasteiger partial charge in [0.1, 0.15) is 0 Å². The second-order valence-electron chi connectivity index (χ2n) is 7.88. The Bertz CT molecular complexity index is 910. The maximum Gasteiger partial charge on any atom is 0.317 e. The van der Waals surface area contributed by atoms with Crippen molar-refractivity contribution in [3.63, 3.8) is 0 Å². The summed E-state index contributed by atoms with van der Waals surface area (Å²) in [6, 6.07) is 19.0. The van der Waals surface area contributed by atoms with Crippen molar-refractivity contribution in [1.29, 1.82) is 0 Å². The van der Waals surface area contributed by atoms with Gasteiger partial charge in [0.2, 0.25) is 0 Å². The third-order valence-electron chi connectivity index (χ3n) is 6.07. The van der Waals surface area contributed by atoms with Gasteiger partial charge in [-0.1, -0.05) is 55.5 Å². The topological polar surface area (TPSA) is 48.1 Å². The zero-order chi connectivity index (χ0) is 19.3. The standard InChI is InChI=1S/C24H29N3O/c1-18(19-7-3-2-4-8-19)11-14-25-24(28)27-15-12-20(13-16-27)22-17-26-23-10-6-5-9-21(22)23/h2-10,17-18,20,26H,11-16H2,1H3,(H,25,28). The van der Waals surface area contributed by atoms with Crippen LogP contribution < -0.4 is 5.32 Å². The number of aromatic amines is 1. The molecule has 4 heteroatoms. The van der Waals surface area contributed by atoms with Crippen LogP contribution in [0.25, 0.3) is 10.9 Å². The van der Waals surface area contributed by atoms with E-state index in [-0.39, 0.29) is 6.03 Å². The number of nitrogens with one attached hydrogen (secondary N) is 2. The number of likely N-dealkylation sites (tertiary alicyclic amines) is 1. The highest BCUT2D eigenvalue weighted by Crippen LogP contribution is 2.33. The second-order valence-corrected chi connectivity index (χ2v) is 7.88. The lowest BCUT2D eigenvalue weighted by atomic mass is 9.89. The molecule has 1 aliphatic heterocycles. The van der Waals surface area contributed by atoms with Crippen LogP contribution in [0.4, 0.5) is 4.79 Å². The maximum atomic E-state index is 12.5. The number of rotatable bonds is 5. The Labute approximate surface area is 166 Å². The van der Waals surface area contributed by atoms with E-state index in [1.54, 1.807) is 0 Å². The number of hydrogen-bond acceptors (Lipinski definition) is 1. The molecular formula is C24H29N3O. The molecule has 2 aromatic carbocycles. The molecule has 0 radical (unpaired) electrons. The number of fused-ring (bicyclic) bond motifs is 1. The molecule has 1 fully saturated rings. The van der Waals surface area contributed by atoms with E-state index in [9.17, 15) is 4.79 Å². The van der Waals surface area contributed by atoms with Crippen molar-refractivity contribution in [3.8, 4) is 0 Å². The second kappa shape index (κ2) is 8.51. The summed E-state index contributed by atoms with van der Waals surface area (Å²) in [6.07, 6.45) is 5.16. The molecule has 1 aliphatic rings. The molecule has 146 valence electrons. The molecule has 0 aliphatic carbocycles. The Kier molecular flexibility index (Phi) is 5.65. The highest BCUT2D eigenvalue weighted by atomic mass is 16.2. The van der Waals surface area contributed by atoms with E-state index < -0.39 is 0 Å². The van der Waals surface area contributed by atoms with Crippen LogP contribution in [0, 0.1) is 0 Å². The first-order valence-corrected chi connectivity index (χ1v) is 10.4. The average Bonchev–Trinajstić information content (AvgIpc) is 3.18. The summed E-state index contributed by atoms with van der Waals surface area (Å²) in [5.74, 6) is 0.979. The zero-order valence-corrected chi connectivity index (χ0v) is 16.5. The van der Waals surface area contributed by atoms with Crippen LogP contribution in [0.2, 0.25) is 0 Å². The van der Waals surface area contributed by atoms with E-state index in [1.165, 1.54) is 22.0 Å². The molecule has 1 atom stereocenters. The summed E-state index contributed by atoms with van der Waals surface area (Å²) in [6.45, 7) is 4.58. The smallest absolute Gasteiger partial charge is 0.317 e. The van der Waals surface area contributed by atoms with Crippen molar-refractivity contribution >= 4 is 16.9 Å². The first kappa shape index (κ1) is 18.6. The highest BCUT2D eigenvalue weighted by Gasteiger charge is 2.25. The molecule has 0 saturated carbocycles. The normalized spacial score (nSPS) is 16.2. The minimum atomic E-state index is 0.0811. The molecule has 2 heterocycles. The van der Waals surface area contributed by atoms with Crippen molar-refractivity contribution in [3.05, 3.63) is 71.9 Å². The minimum absolute atomic E-state index is 0.0811. The molecule has 4 nitrogen and oxygen atoms in total. The quantitative estimate of drug-likeness (QED) is 0.628. The molecule has 1 unspecified atom stereocenters. The third-order valence-corrected chi connectivity index (χ3v) is 6.07. The number of carbonyl (C=O) groups excluding carboxylic acids is 1. The van der Waals surface area contributed by atoms with Gasteiger partial charge in [-0.2, -0.15) is 0 Å². The Morgan fingerprint density at radius 1 is 1.11 bits per heavy atom. The molecule has 28 heavy (non-hydrogen) atoms. The number of benzene rings is 2. The number of piperidine rings is 1. The number of para-hydroxylation sites is 1. The van der Waals surface area contributed by atoms with Crippen molar-refractivity contribution < 1.29 is 4.79 Å². The Hall–Kier alpha value is -2.75. The van der Waals surface area contributed by atoms with Gasteiger partial charge < -0.3 is 15.2 Å². The Morgan fingerprint density at radius 3 is 2.61 bits per heavy atom. The SMILES string of the molecule is CC(CCNC(=O)N1CCC(c2c[nH]c3ccccc23)CC1)c1ccccc1. The van der Waals surface area contributed by atoms with Crippen molar-refractivity contribution in [2.75, 3.05) is 19.6 Å². The van der Waals surface area contributed by atoms with Crippen LogP contribution in [-0.4, -0.2) is 35.5 Å². The molecule has 0 spiro atoms. The number of hydrogen-bond donors (Lipinski definition) is 2. The van der Waals surface area contributed by atoms with Gasteiger partial charge in [-0.25, -0.2) is 4.79 Å². The number of amides is 2. The van der Waals surface area contributed by atoms with E-state index >= 15 is 0 Å². The van der Waals surface area contributed by atoms with E-state index in [1.807, 2.05) is 11.0 Å². The summed E-state index contributed by atoms with van der Waals surface area (Å²) in [5.41, 5.74) is 3.92. The van der Waals surface area contributed by atoms with Crippen LogP contribution in [0.15, 0.2) is 60.8 Å². The zero-order valence-electron chi connectivity index (χ0n) is 16.5. The molecule has 0 bridgehead atoms. The molecule has 2 amide bonds. The Morgan fingerprint density at radius 2 is 1.82 bits per heavy atom. The molecule has 3 aromatic rings. The lowest BCUT2D eigenvalue weighted by Gasteiger charge is -2.32. The maximum absolute atomic E-state index is 12.5. The average molecular weight is 376 g/mol. The third kappa shape index (κ3) is 4.06. The molecule has 2 N–H and O–H groups in total. The minimum Gasteiger partial charge on any atom is -0.361 e. The van der Waals surface area contributed by atoms with Gasteiger partial charge in [-0.15, -0.1) is 0 Å². The fraction of sp³-hybridized carbons (Fsp3) is 0.375. The first-order chi connectivity index (χ1) is 13.7. The van der Waals surface area contributed by atoms with Crippen LogP contribution in [0.3, 0.4) is 0 Å². The molecule has 1 saturated heterocycles. The Balaban J connectivity index is 1.25. The van der Waals surface area contributed by atoms with E-state index in [4.69, 9.17) is 0 Å². The summed E-state index contributed by atoms with van der Waals surface area (Å²) >= 11 is 0. The highest BCUT2D eigenvalue weighted by molar-refractivity contribution is 5.83. The van der Waals surface area contributed by atoms with E-state index in [2.05, 4.69) is 72.0 Å². The first-order valence-electron chi connectivity index (χ1n) is 10.4. The van der Waals surface area contributed by atoms with Gasteiger partial charge in [-0.3, -0.25) is 0 Å². The number of aromatic nitrogens is 1. The number of H-pyrrole nitrogens is 1. The molecule has 1 aromatic heterocycles.